The lowest BCUT2D eigenvalue weighted by Crippen LogP contribution is -2.44. The molecule has 4 rings (SSSR count). The standard InChI is InChI=1S/C22H29N7O4/c1-5-28-19(30)15-13-24-20(23)26-18(15)29(28)16-7-6-8-17(25-16)32-14-9-11-27(12-10-14)21(31)33-22(2,3)4/h6-8,13-14H,5,9-12H2,1-4H3,(H2,23,24,26). The van der Waals surface area contributed by atoms with Crippen molar-refractivity contribution in [3.63, 3.8) is 0 Å². The summed E-state index contributed by atoms with van der Waals surface area (Å²) in [6.07, 6.45) is 2.38. The molecule has 2 N–H and O–H groups in total. The zero-order valence-electron chi connectivity index (χ0n) is 19.3. The summed E-state index contributed by atoms with van der Waals surface area (Å²) in [5.74, 6) is 1.00. The van der Waals surface area contributed by atoms with E-state index < -0.39 is 5.60 Å². The lowest BCUT2D eigenvalue weighted by Gasteiger charge is -2.33. The van der Waals surface area contributed by atoms with Crippen LogP contribution in [0.15, 0.2) is 29.2 Å². The number of carbonyl (C=O) groups excluding carboxylic acids is 1. The van der Waals surface area contributed by atoms with E-state index in [-0.39, 0.29) is 23.7 Å². The number of ether oxygens (including phenoxy) is 2. The number of amides is 1. The van der Waals surface area contributed by atoms with Crippen LogP contribution in [-0.4, -0.2) is 60.1 Å². The molecule has 0 aromatic carbocycles. The summed E-state index contributed by atoms with van der Waals surface area (Å²) in [6, 6.07) is 5.36. The van der Waals surface area contributed by atoms with E-state index in [2.05, 4.69) is 15.0 Å². The van der Waals surface area contributed by atoms with Crippen LogP contribution >= 0.6 is 0 Å². The van der Waals surface area contributed by atoms with Crippen molar-refractivity contribution in [1.29, 1.82) is 0 Å². The van der Waals surface area contributed by atoms with Gasteiger partial charge in [-0.2, -0.15) is 9.97 Å². The van der Waals surface area contributed by atoms with Gasteiger partial charge in [0.1, 0.15) is 17.1 Å². The highest BCUT2D eigenvalue weighted by Crippen LogP contribution is 2.22. The maximum atomic E-state index is 12.8. The normalized spacial score (nSPS) is 15.1. The van der Waals surface area contributed by atoms with Gasteiger partial charge in [-0.1, -0.05) is 6.07 Å². The fourth-order valence-electron chi connectivity index (χ4n) is 3.80. The van der Waals surface area contributed by atoms with Crippen LogP contribution in [0.25, 0.3) is 16.9 Å². The molecule has 11 heteroatoms. The number of nitrogens with zero attached hydrogens (tertiary/aromatic N) is 6. The van der Waals surface area contributed by atoms with Crippen LogP contribution in [0.1, 0.15) is 40.5 Å². The Hall–Kier alpha value is -3.63. The molecule has 3 aromatic heterocycles. The van der Waals surface area contributed by atoms with Crippen LogP contribution < -0.4 is 16.0 Å². The maximum Gasteiger partial charge on any atom is 0.410 e. The van der Waals surface area contributed by atoms with E-state index in [9.17, 15) is 9.59 Å². The Kier molecular flexibility index (Phi) is 5.96. The zero-order valence-corrected chi connectivity index (χ0v) is 19.3. The zero-order chi connectivity index (χ0) is 23.8. The summed E-state index contributed by atoms with van der Waals surface area (Å²) in [5.41, 5.74) is 5.42. The maximum absolute atomic E-state index is 12.8. The number of hydrogen-bond acceptors (Lipinski definition) is 8. The lowest BCUT2D eigenvalue weighted by molar-refractivity contribution is 0.0123. The fourth-order valence-corrected chi connectivity index (χ4v) is 3.80. The molecule has 33 heavy (non-hydrogen) atoms. The number of carbonyl (C=O) groups is 1. The van der Waals surface area contributed by atoms with Crippen LogP contribution in [-0.2, 0) is 11.3 Å². The number of pyridine rings is 1. The number of nitrogens with two attached hydrogens (primary N) is 1. The van der Waals surface area contributed by atoms with Gasteiger partial charge in [0, 0.05) is 44.7 Å². The van der Waals surface area contributed by atoms with Crippen LogP contribution in [0.2, 0.25) is 0 Å². The number of likely N-dealkylation sites (tertiary alicyclic amines) is 1. The second-order valence-corrected chi connectivity index (χ2v) is 8.92. The number of fused-ring (bicyclic) bond motifs is 1. The van der Waals surface area contributed by atoms with Gasteiger partial charge in [0.05, 0.1) is 0 Å². The Morgan fingerprint density at radius 2 is 1.94 bits per heavy atom. The Morgan fingerprint density at radius 3 is 2.61 bits per heavy atom. The van der Waals surface area contributed by atoms with Crippen LogP contribution in [0.5, 0.6) is 5.88 Å². The average molecular weight is 456 g/mol. The van der Waals surface area contributed by atoms with Crippen LogP contribution in [0.4, 0.5) is 10.7 Å². The van der Waals surface area contributed by atoms with E-state index in [4.69, 9.17) is 15.2 Å². The topological polar surface area (TPSA) is 130 Å². The van der Waals surface area contributed by atoms with E-state index in [1.54, 1.807) is 21.7 Å². The average Bonchev–Trinajstić information content (AvgIpc) is 3.04. The van der Waals surface area contributed by atoms with Crippen molar-refractivity contribution >= 4 is 23.1 Å². The molecule has 1 saturated heterocycles. The first-order chi connectivity index (χ1) is 15.7. The molecule has 0 radical (unpaired) electrons. The first-order valence-corrected chi connectivity index (χ1v) is 11.0. The van der Waals surface area contributed by atoms with Crippen molar-refractivity contribution in [1.82, 2.24) is 29.2 Å². The van der Waals surface area contributed by atoms with Gasteiger partial charge in [0.15, 0.2) is 11.5 Å². The van der Waals surface area contributed by atoms with Crippen molar-refractivity contribution in [3.8, 4) is 11.7 Å². The predicted molar refractivity (Wildman–Crippen MR) is 122 cm³/mol. The summed E-state index contributed by atoms with van der Waals surface area (Å²) < 4.78 is 14.7. The SMILES string of the molecule is CCn1c(=O)c2cnc(N)nc2n1-c1cccc(OC2CCN(C(=O)OC(C)(C)C)CC2)n1. The number of hydrogen-bond donors (Lipinski definition) is 1. The van der Waals surface area contributed by atoms with Crippen molar-refractivity contribution in [2.45, 2.75) is 58.8 Å². The third-order valence-electron chi connectivity index (χ3n) is 5.30. The predicted octanol–water partition coefficient (Wildman–Crippen LogP) is 2.36. The minimum absolute atomic E-state index is 0.0775. The molecule has 3 aromatic rings. The minimum Gasteiger partial charge on any atom is -0.474 e. The molecule has 1 aliphatic heterocycles. The summed E-state index contributed by atoms with van der Waals surface area (Å²) in [6.45, 7) is 8.95. The molecule has 11 nitrogen and oxygen atoms in total. The van der Waals surface area contributed by atoms with Gasteiger partial charge in [-0.3, -0.25) is 4.79 Å². The number of aromatic nitrogens is 5. The van der Waals surface area contributed by atoms with Gasteiger partial charge in [-0.15, -0.1) is 0 Å². The first-order valence-electron chi connectivity index (χ1n) is 11.0. The van der Waals surface area contributed by atoms with Crippen LogP contribution in [0, 0.1) is 0 Å². The highest BCUT2D eigenvalue weighted by atomic mass is 16.6. The molecule has 1 aliphatic rings. The van der Waals surface area contributed by atoms with Crippen molar-refractivity contribution < 1.29 is 14.3 Å². The molecule has 176 valence electrons. The third-order valence-corrected chi connectivity index (χ3v) is 5.30. The Morgan fingerprint density at radius 1 is 1.21 bits per heavy atom. The second-order valence-electron chi connectivity index (χ2n) is 8.92. The van der Waals surface area contributed by atoms with Crippen LogP contribution in [0.3, 0.4) is 0 Å². The van der Waals surface area contributed by atoms with E-state index >= 15 is 0 Å². The van der Waals surface area contributed by atoms with Gasteiger partial charge >= 0.3 is 6.09 Å². The highest BCUT2D eigenvalue weighted by molar-refractivity contribution is 5.76. The molecule has 0 atom stereocenters. The molecule has 0 spiro atoms. The molecule has 0 unspecified atom stereocenters. The van der Waals surface area contributed by atoms with Crippen molar-refractivity contribution in [2.75, 3.05) is 18.8 Å². The molecule has 4 heterocycles. The molecule has 1 fully saturated rings. The smallest absolute Gasteiger partial charge is 0.410 e. The second kappa shape index (κ2) is 8.72. The summed E-state index contributed by atoms with van der Waals surface area (Å²) in [5, 5.41) is 0.369. The van der Waals surface area contributed by atoms with Crippen molar-refractivity contribution in [3.05, 3.63) is 34.7 Å². The van der Waals surface area contributed by atoms with E-state index in [0.717, 1.165) is 0 Å². The fraction of sp³-hybridized carbons (Fsp3) is 0.500. The quantitative estimate of drug-likeness (QED) is 0.634. The number of nitrogen functional groups attached to an aromatic ring is 1. The Bertz CT molecular complexity index is 1220. The summed E-state index contributed by atoms with van der Waals surface area (Å²) in [7, 11) is 0. The highest BCUT2D eigenvalue weighted by Gasteiger charge is 2.28. The summed E-state index contributed by atoms with van der Waals surface area (Å²) >= 11 is 0. The largest absolute Gasteiger partial charge is 0.474 e. The lowest BCUT2D eigenvalue weighted by atomic mass is 10.1. The monoisotopic (exact) mass is 455 g/mol. The molecular formula is C22H29N7O4. The number of rotatable bonds is 4. The minimum atomic E-state index is -0.522. The molecule has 0 bridgehead atoms. The van der Waals surface area contributed by atoms with E-state index in [1.165, 1.54) is 10.9 Å². The van der Waals surface area contributed by atoms with Gasteiger partial charge in [0.25, 0.3) is 5.56 Å². The van der Waals surface area contributed by atoms with Gasteiger partial charge in [-0.25, -0.2) is 19.1 Å². The third kappa shape index (κ3) is 4.76. The molecule has 0 aliphatic carbocycles. The summed E-state index contributed by atoms with van der Waals surface area (Å²) in [4.78, 5) is 39.5. The van der Waals surface area contributed by atoms with Crippen molar-refractivity contribution in [2.24, 2.45) is 0 Å². The molecular weight excluding hydrogens is 426 g/mol. The molecule has 1 amide bonds. The Labute approximate surface area is 191 Å². The van der Waals surface area contributed by atoms with Gasteiger partial charge in [-0.05, 0) is 33.8 Å². The Balaban J connectivity index is 1.52. The molecule has 0 saturated carbocycles. The van der Waals surface area contributed by atoms with E-state index in [0.29, 0.717) is 55.2 Å². The number of anilines is 1. The van der Waals surface area contributed by atoms with Gasteiger partial charge < -0.3 is 20.1 Å². The van der Waals surface area contributed by atoms with Gasteiger partial charge in [0.2, 0.25) is 11.8 Å². The first kappa shape index (κ1) is 22.6. The van der Waals surface area contributed by atoms with E-state index in [1.807, 2.05) is 33.8 Å². The number of piperidine rings is 1.